The zero-order valence-corrected chi connectivity index (χ0v) is 17.9. The van der Waals surface area contributed by atoms with Gasteiger partial charge in [0, 0.05) is 25.7 Å². The first-order valence-electron chi connectivity index (χ1n) is 9.31. The molecule has 1 saturated heterocycles. The molecule has 1 aromatic rings. The highest BCUT2D eigenvalue weighted by molar-refractivity contribution is 7.85. The number of anilines is 1. The highest BCUT2D eigenvalue weighted by Gasteiger charge is 2.36. The van der Waals surface area contributed by atoms with E-state index < -0.39 is 10.1 Å². The summed E-state index contributed by atoms with van der Waals surface area (Å²) in [4.78, 5) is 17.8. The summed E-state index contributed by atoms with van der Waals surface area (Å²) >= 11 is 5.38. The Morgan fingerprint density at radius 3 is 2.45 bits per heavy atom. The number of nitrogens with zero attached hydrogens (tertiary/aromatic N) is 3. The third kappa shape index (κ3) is 4.44. The average Bonchev–Trinajstić information content (AvgIpc) is 3.13. The van der Waals surface area contributed by atoms with Crippen molar-refractivity contribution in [3.8, 4) is 5.75 Å². The average molecular weight is 438 g/mol. The molecule has 0 spiro atoms. The summed E-state index contributed by atoms with van der Waals surface area (Å²) in [5, 5.41) is 0.477. The predicted molar refractivity (Wildman–Crippen MR) is 114 cm³/mol. The Hall–Kier alpha value is -2.43. The zero-order valence-electron chi connectivity index (χ0n) is 16.2. The summed E-state index contributed by atoms with van der Waals surface area (Å²) in [6.45, 7) is 5.17. The molecule has 1 fully saturated rings. The molecule has 0 atom stereocenters. The van der Waals surface area contributed by atoms with Crippen LogP contribution >= 0.6 is 12.2 Å². The van der Waals surface area contributed by atoms with E-state index in [9.17, 15) is 13.2 Å². The standard InChI is InChI=1S/C19H23N3O5S2/c1-3-20-15(18(23)21(4-2)19(20)28)10-11-17-22(12-7-13-29(24,25)26)14-8-5-6-9-16(14)27-17/h5-6,8-11H,3-4,7,12-13H2,1-2H3,(H,24,25,26)/b15-10+,17-11-. The van der Waals surface area contributed by atoms with Crippen molar-refractivity contribution in [3.63, 3.8) is 0 Å². The second-order valence-corrected chi connectivity index (χ2v) is 8.43. The molecular formula is C19H23N3O5S2. The molecule has 0 radical (unpaired) electrons. The van der Waals surface area contributed by atoms with Crippen molar-refractivity contribution >= 4 is 39.0 Å². The third-order valence-corrected chi connectivity index (χ3v) is 5.90. The van der Waals surface area contributed by atoms with E-state index >= 15 is 0 Å². The molecule has 156 valence electrons. The normalized spacial score (nSPS) is 19.5. The molecular weight excluding hydrogens is 414 g/mol. The topological polar surface area (TPSA) is 90.4 Å². The van der Waals surface area contributed by atoms with Crippen LogP contribution in [0.2, 0.25) is 0 Å². The van der Waals surface area contributed by atoms with Gasteiger partial charge in [0.2, 0.25) is 5.88 Å². The Kier molecular flexibility index (Phi) is 6.25. The first-order chi connectivity index (χ1) is 13.8. The van der Waals surface area contributed by atoms with Gasteiger partial charge >= 0.3 is 0 Å². The number of likely N-dealkylation sites (N-methyl/N-ethyl adjacent to an activating group) is 2. The van der Waals surface area contributed by atoms with Crippen LogP contribution in [0.3, 0.4) is 0 Å². The minimum atomic E-state index is -4.04. The van der Waals surface area contributed by atoms with Crippen LogP contribution in [0.4, 0.5) is 5.69 Å². The molecule has 0 aliphatic carbocycles. The molecule has 2 aliphatic rings. The van der Waals surface area contributed by atoms with E-state index in [0.29, 0.717) is 42.1 Å². The number of fused-ring (bicyclic) bond motifs is 1. The summed E-state index contributed by atoms with van der Waals surface area (Å²) in [5.74, 6) is 0.602. The minimum Gasteiger partial charge on any atom is -0.439 e. The molecule has 2 aliphatic heterocycles. The van der Waals surface area contributed by atoms with E-state index in [1.807, 2.05) is 43.0 Å². The van der Waals surface area contributed by atoms with E-state index in [2.05, 4.69) is 0 Å². The summed E-state index contributed by atoms with van der Waals surface area (Å²) in [5.41, 5.74) is 1.26. The molecule has 0 saturated carbocycles. The lowest BCUT2D eigenvalue weighted by atomic mass is 10.2. The molecule has 0 unspecified atom stereocenters. The quantitative estimate of drug-likeness (QED) is 0.395. The number of carbonyl (C=O) groups excluding carboxylic acids is 1. The van der Waals surface area contributed by atoms with Gasteiger partial charge in [0.1, 0.15) is 5.70 Å². The largest absolute Gasteiger partial charge is 0.439 e. The Morgan fingerprint density at radius 2 is 1.79 bits per heavy atom. The highest BCUT2D eigenvalue weighted by atomic mass is 32.2. The number of allylic oxidation sites excluding steroid dienone is 2. The Balaban J connectivity index is 1.89. The number of rotatable bonds is 7. The van der Waals surface area contributed by atoms with Crippen molar-refractivity contribution in [1.82, 2.24) is 9.80 Å². The van der Waals surface area contributed by atoms with E-state index in [4.69, 9.17) is 21.5 Å². The first kappa shape index (κ1) is 21.3. The summed E-state index contributed by atoms with van der Waals surface area (Å²) in [7, 11) is -4.04. The van der Waals surface area contributed by atoms with Crippen molar-refractivity contribution in [1.29, 1.82) is 0 Å². The minimum absolute atomic E-state index is 0.162. The number of ether oxygens (including phenoxy) is 1. The highest BCUT2D eigenvalue weighted by Crippen LogP contribution is 2.38. The molecule has 8 nitrogen and oxygen atoms in total. The fourth-order valence-electron chi connectivity index (χ4n) is 3.30. The molecule has 1 amide bonds. The number of carbonyl (C=O) groups is 1. The van der Waals surface area contributed by atoms with Crippen molar-refractivity contribution in [2.45, 2.75) is 20.3 Å². The van der Waals surface area contributed by atoms with Gasteiger partial charge in [-0.25, -0.2) is 0 Å². The predicted octanol–water partition coefficient (Wildman–Crippen LogP) is 2.36. The third-order valence-electron chi connectivity index (χ3n) is 4.65. The molecule has 1 N–H and O–H groups in total. The molecule has 0 aromatic heterocycles. The smallest absolute Gasteiger partial charge is 0.276 e. The van der Waals surface area contributed by atoms with Crippen LogP contribution in [0.5, 0.6) is 5.75 Å². The van der Waals surface area contributed by atoms with Crippen LogP contribution in [-0.2, 0) is 14.9 Å². The zero-order chi connectivity index (χ0) is 21.2. The first-order valence-corrected chi connectivity index (χ1v) is 11.3. The fraction of sp³-hybridized carbons (Fsp3) is 0.368. The van der Waals surface area contributed by atoms with Crippen LogP contribution in [-0.4, -0.2) is 59.2 Å². The molecule has 2 heterocycles. The van der Waals surface area contributed by atoms with E-state index in [0.717, 1.165) is 5.69 Å². The maximum Gasteiger partial charge on any atom is 0.276 e. The number of hydrogen-bond acceptors (Lipinski definition) is 6. The fourth-order valence-corrected chi connectivity index (χ4v) is 4.23. The van der Waals surface area contributed by atoms with Crippen LogP contribution in [0, 0.1) is 0 Å². The second kappa shape index (κ2) is 8.52. The molecule has 3 rings (SSSR count). The molecule has 0 bridgehead atoms. The van der Waals surface area contributed by atoms with E-state index in [1.54, 1.807) is 17.1 Å². The van der Waals surface area contributed by atoms with Crippen molar-refractivity contribution in [2.24, 2.45) is 0 Å². The Morgan fingerprint density at radius 1 is 1.10 bits per heavy atom. The van der Waals surface area contributed by atoms with E-state index in [1.165, 1.54) is 4.90 Å². The number of benzene rings is 1. The van der Waals surface area contributed by atoms with Gasteiger partial charge in [-0.15, -0.1) is 0 Å². The molecule has 1 aromatic carbocycles. The van der Waals surface area contributed by atoms with Crippen molar-refractivity contribution in [2.75, 3.05) is 30.3 Å². The number of thiocarbonyl (C=S) groups is 1. The lowest BCUT2D eigenvalue weighted by Gasteiger charge is -2.18. The lowest BCUT2D eigenvalue weighted by molar-refractivity contribution is -0.122. The SMILES string of the molecule is CCN1C(=O)/C(=C\C=C2/Oc3ccccc3N2CCCS(=O)(=O)O)N(CC)C1=S. The van der Waals surface area contributed by atoms with Gasteiger partial charge in [0.05, 0.1) is 11.4 Å². The van der Waals surface area contributed by atoms with Crippen molar-refractivity contribution in [3.05, 3.63) is 48.0 Å². The monoisotopic (exact) mass is 437 g/mol. The van der Waals surface area contributed by atoms with Gasteiger partial charge in [0.25, 0.3) is 16.0 Å². The van der Waals surface area contributed by atoms with Gasteiger partial charge < -0.3 is 14.5 Å². The molecule has 10 heteroatoms. The van der Waals surface area contributed by atoms with Gasteiger partial charge in [-0.1, -0.05) is 12.1 Å². The van der Waals surface area contributed by atoms with Gasteiger partial charge in [-0.3, -0.25) is 14.2 Å². The Labute approximate surface area is 175 Å². The van der Waals surface area contributed by atoms with Crippen LogP contribution < -0.4 is 9.64 Å². The molecule has 29 heavy (non-hydrogen) atoms. The van der Waals surface area contributed by atoms with Gasteiger partial charge in [-0.2, -0.15) is 8.42 Å². The number of hydrogen-bond donors (Lipinski definition) is 1. The summed E-state index contributed by atoms with van der Waals surface area (Å²) in [6, 6.07) is 7.37. The number of para-hydroxylation sites is 2. The maximum atomic E-state index is 12.7. The lowest BCUT2D eigenvalue weighted by Crippen LogP contribution is -2.32. The second-order valence-electron chi connectivity index (χ2n) is 6.49. The maximum absolute atomic E-state index is 12.7. The van der Waals surface area contributed by atoms with E-state index in [-0.39, 0.29) is 18.1 Å². The Bertz CT molecular complexity index is 987. The number of amides is 1. The van der Waals surface area contributed by atoms with Crippen LogP contribution in [0.1, 0.15) is 20.3 Å². The van der Waals surface area contributed by atoms with Crippen molar-refractivity contribution < 1.29 is 22.5 Å². The van der Waals surface area contributed by atoms with Gasteiger partial charge in [0.15, 0.2) is 10.9 Å². The summed E-state index contributed by atoms with van der Waals surface area (Å²) in [6.07, 6.45) is 3.58. The van der Waals surface area contributed by atoms with Crippen LogP contribution in [0.25, 0.3) is 0 Å². The van der Waals surface area contributed by atoms with Gasteiger partial charge in [-0.05, 0) is 50.7 Å². The summed E-state index contributed by atoms with van der Waals surface area (Å²) < 4.78 is 37.0. The van der Waals surface area contributed by atoms with Crippen LogP contribution in [0.15, 0.2) is 48.0 Å².